The summed E-state index contributed by atoms with van der Waals surface area (Å²) >= 11 is 0. The second-order valence-electron chi connectivity index (χ2n) is 6.65. The maximum atomic E-state index is 12.4. The van der Waals surface area contributed by atoms with Gasteiger partial charge in [-0.3, -0.25) is 24.2 Å². The number of nitrogens with zero attached hydrogens (tertiary/aromatic N) is 2. The maximum absolute atomic E-state index is 12.4. The average Bonchev–Trinajstić information content (AvgIpc) is 2.87. The zero-order valence-electron chi connectivity index (χ0n) is 13.1. The number of imide groups is 1. The molecule has 0 aromatic heterocycles. The van der Waals surface area contributed by atoms with Crippen LogP contribution in [0.2, 0.25) is 0 Å². The van der Waals surface area contributed by atoms with E-state index < -0.39 is 17.9 Å². The van der Waals surface area contributed by atoms with Gasteiger partial charge < -0.3 is 0 Å². The summed E-state index contributed by atoms with van der Waals surface area (Å²) in [6.45, 7) is 2.60. The van der Waals surface area contributed by atoms with Gasteiger partial charge in [-0.2, -0.15) is 0 Å². The Balaban J connectivity index is 1.72. The fourth-order valence-corrected chi connectivity index (χ4v) is 4.24. The minimum Gasteiger partial charge on any atom is -0.293 e. The Labute approximate surface area is 134 Å². The molecule has 5 nitrogen and oxygen atoms in total. The predicted molar refractivity (Wildman–Crippen MR) is 83.2 cm³/mol. The maximum Gasteiger partial charge on any atom is 0.234 e. The molecule has 3 heterocycles. The number of carbonyl (C=O) groups is 3. The van der Waals surface area contributed by atoms with Gasteiger partial charge in [0.05, 0.1) is 17.9 Å². The highest BCUT2D eigenvalue weighted by Crippen LogP contribution is 2.45. The van der Waals surface area contributed by atoms with Crippen LogP contribution in [0, 0.1) is 18.8 Å². The molecule has 0 N–H and O–H groups in total. The van der Waals surface area contributed by atoms with Crippen LogP contribution in [0.4, 0.5) is 0 Å². The third kappa shape index (κ3) is 1.93. The summed E-state index contributed by atoms with van der Waals surface area (Å²) in [5.41, 5.74) is 2.25. The molecular weight excluding hydrogens is 292 g/mol. The highest BCUT2D eigenvalue weighted by atomic mass is 16.2. The van der Waals surface area contributed by atoms with Crippen LogP contribution in [0.5, 0.6) is 0 Å². The Morgan fingerprint density at radius 2 is 1.83 bits per heavy atom. The normalized spacial score (nSPS) is 32.8. The molecule has 3 aliphatic rings. The number of aryl methyl sites for hydroxylation is 1. The minimum atomic E-state index is -0.537. The Hall–Kier alpha value is -2.27. The number of ketones is 1. The van der Waals surface area contributed by atoms with Crippen LogP contribution < -0.4 is 0 Å². The molecule has 4 rings (SSSR count). The van der Waals surface area contributed by atoms with Gasteiger partial charge in [-0.25, -0.2) is 0 Å². The van der Waals surface area contributed by atoms with Gasteiger partial charge in [0.1, 0.15) is 0 Å². The van der Waals surface area contributed by atoms with Crippen LogP contribution in [0.25, 0.3) is 0 Å². The topological polar surface area (TPSA) is 57.7 Å². The zero-order valence-corrected chi connectivity index (χ0v) is 13.1. The third-order valence-corrected chi connectivity index (χ3v) is 5.26. The minimum absolute atomic E-state index is 0.0714. The highest BCUT2D eigenvalue weighted by Gasteiger charge is 2.63. The van der Waals surface area contributed by atoms with Gasteiger partial charge in [-0.1, -0.05) is 35.9 Å². The molecule has 0 saturated carbocycles. The lowest BCUT2D eigenvalue weighted by Gasteiger charge is -2.33. The van der Waals surface area contributed by atoms with E-state index in [9.17, 15) is 14.4 Å². The lowest BCUT2D eigenvalue weighted by Crippen LogP contribution is -2.48. The van der Waals surface area contributed by atoms with Crippen molar-refractivity contribution in [2.45, 2.75) is 25.6 Å². The van der Waals surface area contributed by atoms with Crippen LogP contribution >= 0.6 is 0 Å². The second kappa shape index (κ2) is 4.86. The summed E-state index contributed by atoms with van der Waals surface area (Å²) in [5, 5.41) is 0. The van der Waals surface area contributed by atoms with E-state index in [4.69, 9.17) is 0 Å². The van der Waals surface area contributed by atoms with Gasteiger partial charge in [0.2, 0.25) is 11.8 Å². The van der Waals surface area contributed by atoms with E-state index in [0.717, 1.165) is 11.1 Å². The zero-order chi connectivity index (χ0) is 16.3. The van der Waals surface area contributed by atoms with Crippen molar-refractivity contribution in [1.82, 2.24) is 9.80 Å². The van der Waals surface area contributed by atoms with Gasteiger partial charge >= 0.3 is 0 Å². The fourth-order valence-electron chi connectivity index (χ4n) is 4.24. The summed E-state index contributed by atoms with van der Waals surface area (Å²) in [5.74, 6) is -1.42. The van der Waals surface area contributed by atoms with Crippen LogP contribution in [-0.2, 0) is 20.9 Å². The van der Waals surface area contributed by atoms with Crippen molar-refractivity contribution in [3.63, 3.8) is 0 Å². The number of amides is 2. The molecule has 0 aliphatic carbocycles. The molecule has 1 aromatic carbocycles. The molecule has 2 saturated heterocycles. The lowest BCUT2D eigenvalue weighted by atomic mass is 9.90. The average molecular weight is 310 g/mol. The summed E-state index contributed by atoms with van der Waals surface area (Å²) in [6.07, 6.45) is 3.34. The number of carbonyl (C=O) groups excluding carboxylic acids is 3. The van der Waals surface area contributed by atoms with E-state index in [1.165, 1.54) is 11.9 Å². The molecule has 4 atom stereocenters. The number of hydrogen-bond donors (Lipinski definition) is 0. The number of rotatable bonds is 2. The first-order valence-electron chi connectivity index (χ1n) is 7.84. The molecule has 23 heavy (non-hydrogen) atoms. The molecule has 0 radical (unpaired) electrons. The van der Waals surface area contributed by atoms with Gasteiger partial charge in [0.25, 0.3) is 0 Å². The number of benzene rings is 1. The first-order valence-corrected chi connectivity index (χ1v) is 7.84. The van der Waals surface area contributed by atoms with E-state index >= 15 is 0 Å². The fraction of sp³-hybridized carbons (Fsp3) is 0.389. The number of fused-ring (bicyclic) bond motifs is 5. The largest absolute Gasteiger partial charge is 0.293 e. The Morgan fingerprint density at radius 3 is 2.57 bits per heavy atom. The molecule has 1 aromatic rings. The van der Waals surface area contributed by atoms with Crippen LogP contribution in [0.15, 0.2) is 36.4 Å². The molecule has 0 spiro atoms. The Kier molecular flexibility index (Phi) is 3.03. The van der Waals surface area contributed by atoms with Crippen LogP contribution in [0.3, 0.4) is 0 Å². The molecule has 2 fully saturated rings. The van der Waals surface area contributed by atoms with Crippen molar-refractivity contribution < 1.29 is 14.4 Å². The Morgan fingerprint density at radius 1 is 1.09 bits per heavy atom. The highest BCUT2D eigenvalue weighted by molar-refractivity contribution is 6.11. The number of likely N-dealkylation sites (tertiary alicyclic amines) is 1. The van der Waals surface area contributed by atoms with Crippen LogP contribution in [-0.4, -0.2) is 46.5 Å². The van der Waals surface area contributed by atoms with Crippen molar-refractivity contribution in [3.8, 4) is 0 Å². The van der Waals surface area contributed by atoms with E-state index in [1.807, 2.05) is 30.0 Å². The van der Waals surface area contributed by atoms with Crippen LogP contribution in [0.1, 0.15) is 11.1 Å². The Bertz CT molecular complexity index is 754. The van der Waals surface area contributed by atoms with Crippen molar-refractivity contribution >= 4 is 17.6 Å². The predicted octanol–water partition coefficient (Wildman–Crippen LogP) is 0.918. The van der Waals surface area contributed by atoms with E-state index in [0.29, 0.717) is 6.54 Å². The van der Waals surface area contributed by atoms with Crippen molar-refractivity contribution in [1.29, 1.82) is 0 Å². The quantitative estimate of drug-likeness (QED) is 0.762. The second-order valence-corrected chi connectivity index (χ2v) is 6.65. The van der Waals surface area contributed by atoms with Crippen molar-refractivity contribution in [2.75, 3.05) is 7.05 Å². The van der Waals surface area contributed by atoms with Gasteiger partial charge in [-0.05, 0) is 18.6 Å². The summed E-state index contributed by atoms with van der Waals surface area (Å²) in [6, 6.07) is 7.41. The standard InChI is InChI=1S/C18H18N2O3/c1-10-4-3-5-11(8-10)9-20-12-6-7-13(21)16(20)15-14(12)17(22)19(2)18(15)23/h3-8,12,14-16H,9H2,1-2H3. The number of hydrogen-bond acceptors (Lipinski definition) is 4. The SMILES string of the molecule is Cc1cccc(CN2C3C=CC(=O)C2C2C(=O)N(C)C(=O)C23)c1. The molecule has 5 heteroatoms. The molecule has 4 unspecified atom stereocenters. The van der Waals surface area contributed by atoms with E-state index in [2.05, 4.69) is 6.07 Å². The van der Waals surface area contributed by atoms with Crippen molar-refractivity contribution in [3.05, 3.63) is 47.5 Å². The first-order chi connectivity index (χ1) is 11.0. The molecule has 3 aliphatic heterocycles. The van der Waals surface area contributed by atoms with Gasteiger partial charge in [0.15, 0.2) is 5.78 Å². The lowest BCUT2D eigenvalue weighted by molar-refractivity contribution is -0.141. The molecular formula is C18H18N2O3. The van der Waals surface area contributed by atoms with Crippen molar-refractivity contribution in [2.24, 2.45) is 11.8 Å². The molecule has 2 amide bonds. The van der Waals surface area contributed by atoms with Gasteiger partial charge in [-0.15, -0.1) is 0 Å². The smallest absolute Gasteiger partial charge is 0.234 e. The summed E-state index contributed by atoms with van der Waals surface area (Å²) in [4.78, 5) is 40.5. The first kappa shape index (κ1) is 14.3. The molecule has 2 bridgehead atoms. The summed E-state index contributed by atoms with van der Waals surface area (Å²) < 4.78 is 0. The third-order valence-electron chi connectivity index (χ3n) is 5.26. The van der Waals surface area contributed by atoms with E-state index in [1.54, 1.807) is 12.2 Å². The van der Waals surface area contributed by atoms with E-state index in [-0.39, 0.29) is 23.6 Å². The van der Waals surface area contributed by atoms with Gasteiger partial charge in [0, 0.05) is 19.6 Å². The summed E-state index contributed by atoms with van der Waals surface area (Å²) in [7, 11) is 1.51. The monoisotopic (exact) mass is 310 g/mol. The molecule has 118 valence electrons.